The molecular formula is C21H24N2O2S. The summed E-state index contributed by atoms with van der Waals surface area (Å²) in [6.07, 6.45) is 0. The van der Waals surface area contributed by atoms with Gasteiger partial charge in [0.05, 0.1) is 5.75 Å². The Morgan fingerprint density at radius 3 is 2.38 bits per heavy atom. The Morgan fingerprint density at radius 2 is 1.77 bits per heavy atom. The summed E-state index contributed by atoms with van der Waals surface area (Å²) in [6, 6.07) is 17.6. The van der Waals surface area contributed by atoms with Crippen LogP contribution in [0.2, 0.25) is 0 Å². The van der Waals surface area contributed by atoms with Crippen LogP contribution in [0, 0.1) is 0 Å². The van der Waals surface area contributed by atoms with Crippen LogP contribution in [0.5, 0.6) is 0 Å². The number of nitrogens with one attached hydrogen (secondary N) is 1. The topological polar surface area (TPSA) is 49.4 Å². The standard InChI is InChI=1S/C21H24N2O2S/c1-21(2,3)22-19(25)16-9-11-17(12-10-16)20-23(18(24)14-26-20)13-15-7-5-4-6-8-15/h4-12,20H,13-14H2,1-3H3,(H,22,25)/t20-/m0/s1. The summed E-state index contributed by atoms with van der Waals surface area (Å²) in [5, 5.41) is 2.95. The number of nitrogens with zero attached hydrogens (tertiary/aromatic N) is 1. The van der Waals surface area contributed by atoms with Crippen LogP contribution >= 0.6 is 11.8 Å². The Hall–Kier alpha value is -2.27. The number of amides is 2. The van der Waals surface area contributed by atoms with Crippen molar-refractivity contribution in [1.82, 2.24) is 10.2 Å². The molecule has 1 saturated heterocycles. The fourth-order valence-electron chi connectivity index (χ4n) is 2.89. The van der Waals surface area contributed by atoms with Gasteiger partial charge in [0, 0.05) is 17.6 Å². The van der Waals surface area contributed by atoms with Crippen molar-refractivity contribution in [2.24, 2.45) is 0 Å². The smallest absolute Gasteiger partial charge is 0.251 e. The molecule has 2 aromatic carbocycles. The summed E-state index contributed by atoms with van der Waals surface area (Å²) in [5.41, 5.74) is 2.53. The lowest BCUT2D eigenvalue weighted by Crippen LogP contribution is -2.40. The highest BCUT2D eigenvalue weighted by Gasteiger charge is 2.32. The maximum absolute atomic E-state index is 12.3. The van der Waals surface area contributed by atoms with Gasteiger partial charge in [-0.15, -0.1) is 11.8 Å². The summed E-state index contributed by atoms with van der Waals surface area (Å²) >= 11 is 1.63. The van der Waals surface area contributed by atoms with Gasteiger partial charge in [-0.05, 0) is 44.0 Å². The molecule has 2 amide bonds. The zero-order chi connectivity index (χ0) is 18.7. The minimum Gasteiger partial charge on any atom is -0.347 e. The van der Waals surface area contributed by atoms with Crippen molar-refractivity contribution < 1.29 is 9.59 Å². The molecular weight excluding hydrogens is 344 g/mol. The fourth-order valence-corrected chi connectivity index (χ4v) is 4.08. The van der Waals surface area contributed by atoms with Gasteiger partial charge in [0.15, 0.2) is 0 Å². The number of carbonyl (C=O) groups excluding carboxylic acids is 2. The van der Waals surface area contributed by atoms with Crippen molar-refractivity contribution in [1.29, 1.82) is 0 Å². The van der Waals surface area contributed by atoms with Crippen LogP contribution in [0.4, 0.5) is 0 Å². The van der Waals surface area contributed by atoms with E-state index in [1.165, 1.54) is 0 Å². The molecule has 1 fully saturated rings. The van der Waals surface area contributed by atoms with Crippen LogP contribution < -0.4 is 5.32 Å². The molecule has 0 saturated carbocycles. The molecule has 26 heavy (non-hydrogen) atoms. The van der Waals surface area contributed by atoms with E-state index in [0.717, 1.165) is 11.1 Å². The second-order valence-electron chi connectivity index (χ2n) is 7.50. The molecule has 0 bridgehead atoms. The average molecular weight is 369 g/mol. The van der Waals surface area contributed by atoms with E-state index in [1.807, 2.05) is 80.3 Å². The lowest BCUT2D eigenvalue weighted by atomic mass is 10.1. The molecule has 136 valence electrons. The predicted molar refractivity (Wildman–Crippen MR) is 106 cm³/mol. The molecule has 5 heteroatoms. The van der Waals surface area contributed by atoms with Gasteiger partial charge in [0.1, 0.15) is 5.37 Å². The van der Waals surface area contributed by atoms with Crippen molar-refractivity contribution in [3.63, 3.8) is 0 Å². The van der Waals surface area contributed by atoms with E-state index >= 15 is 0 Å². The van der Waals surface area contributed by atoms with Gasteiger partial charge in [-0.3, -0.25) is 9.59 Å². The third-order valence-corrected chi connectivity index (χ3v) is 5.37. The average Bonchev–Trinajstić information content (AvgIpc) is 2.95. The van der Waals surface area contributed by atoms with Crippen molar-refractivity contribution in [3.8, 4) is 0 Å². The van der Waals surface area contributed by atoms with Crippen molar-refractivity contribution in [2.75, 3.05) is 5.75 Å². The molecule has 4 nitrogen and oxygen atoms in total. The van der Waals surface area contributed by atoms with Crippen LogP contribution in [-0.4, -0.2) is 28.0 Å². The third kappa shape index (κ3) is 4.47. The third-order valence-electron chi connectivity index (χ3n) is 4.11. The lowest BCUT2D eigenvalue weighted by Gasteiger charge is -2.25. The van der Waals surface area contributed by atoms with Gasteiger partial charge in [0.25, 0.3) is 5.91 Å². The Bertz CT molecular complexity index is 782. The van der Waals surface area contributed by atoms with Gasteiger partial charge < -0.3 is 10.2 Å². The molecule has 0 spiro atoms. The van der Waals surface area contributed by atoms with Crippen LogP contribution in [-0.2, 0) is 11.3 Å². The van der Waals surface area contributed by atoms with Gasteiger partial charge >= 0.3 is 0 Å². The van der Waals surface area contributed by atoms with Crippen molar-refractivity contribution in [3.05, 3.63) is 71.3 Å². The molecule has 1 aliphatic heterocycles. The molecule has 1 aliphatic rings. The summed E-state index contributed by atoms with van der Waals surface area (Å²) in [4.78, 5) is 26.5. The van der Waals surface area contributed by atoms with Gasteiger partial charge in [-0.1, -0.05) is 42.5 Å². The quantitative estimate of drug-likeness (QED) is 0.888. The highest BCUT2D eigenvalue weighted by molar-refractivity contribution is 8.00. The van der Waals surface area contributed by atoms with E-state index in [4.69, 9.17) is 0 Å². The molecule has 3 rings (SSSR count). The molecule has 0 aliphatic carbocycles. The summed E-state index contributed by atoms with van der Waals surface area (Å²) in [6.45, 7) is 6.48. The minimum absolute atomic E-state index is 0.0116. The molecule has 0 unspecified atom stereocenters. The SMILES string of the molecule is CC(C)(C)NC(=O)c1ccc([C@@H]2SCC(=O)N2Cc2ccccc2)cc1. The zero-order valence-electron chi connectivity index (χ0n) is 15.4. The summed E-state index contributed by atoms with van der Waals surface area (Å²) < 4.78 is 0. The van der Waals surface area contributed by atoms with E-state index in [-0.39, 0.29) is 22.7 Å². The van der Waals surface area contributed by atoms with Crippen LogP contribution in [0.25, 0.3) is 0 Å². The normalized spacial score (nSPS) is 17.4. The zero-order valence-corrected chi connectivity index (χ0v) is 16.2. The monoisotopic (exact) mass is 368 g/mol. The largest absolute Gasteiger partial charge is 0.347 e. The Balaban J connectivity index is 1.75. The summed E-state index contributed by atoms with van der Waals surface area (Å²) in [5.74, 6) is 0.558. The number of carbonyl (C=O) groups is 2. The van der Waals surface area contributed by atoms with Gasteiger partial charge in [-0.2, -0.15) is 0 Å². The predicted octanol–water partition coefficient (Wildman–Crippen LogP) is 3.99. The van der Waals surface area contributed by atoms with Crippen molar-refractivity contribution >= 4 is 23.6 Å². The van der Waals surface area contributed by atoms with E-state index in [0.29, 0.717) is 17.9 Å². The molecule has 0 radical (unpaired) electrons. The lowest BCUT2D eigenvalue weighted by molar-refractivity contribution is -0.128. The molecule has 1 atom stereocenters. The van der Waals surface area contributed by atoms with E-state index in [9.17, 15) is 9.59 Å². The first-order valence-electron chi connectivity index (χ1n) is 8.71. The second-order valence-corrected chi connectivity index (χ2v) is 8.57. The first-order valence-corrected chi connectivity index (χ1v) is 9.76. The Morgan fingerprint density at radius 1 is 1.12 bits per heavy atom. The molecule has 0 aromatic heterocycles. The number of benzene rings is 2. The van der Waals surface area contributed by atoms with E-state index in [1.54, 1.807) is 11.8 Å². The number of thioether (sulfide) groups is 1. The molecule has 1 heterocycles. The number of rotatable bonds is 4. The highest BCUT2D eigenvalue weighted by Crippen LogP contribution is 2.39. The maximum Gasteiger partial charge on any atom is 0.251 e. The van der Waals surface area contributed by atoms with E-state index in [2.05, 4.69) is 5.32 Å². The molecule has 1 N–H and O–H groups in total. The summed E-state index contributed by atoms with van der Waals surface area (Å²) in [7, 11) is 0. The number of hydrogen-bond donors (Lipinski definition) is 1. The van der Waals surface area contributed by atoms with Crippen molar-refractivity contribution in [2.45, 2.75) is 38.2 Å². The Labute approximate surface area is 159 Å². The highest BCUT2D eigenvalue weighted by atomic mass is 32.2. The Kier molecular flexibility index (Phi) is 5.37. The number of hydrogen-bond acceptors (Lipinski definition) is 3. The van der Waals surface area contributed by atoms with Gasteiger partial charge in [-0.25, -0.2) is 0 Å². The fraction of sp³-hybridized carbons (Fsp3) is 0.333. The maximum atomic E-state index is 12.3. The first-order chi connectivity index (χ1) is 12.3. The second kappa shape index (κ2) is 7.54. The van der Waals surface area contributed by atoms with Gasteiger partial charge in [0.2, 0.25) is 5.91 Å². The van der Waals surface area contributed by atoms with E-state index < -0.39 is 0 Å². The van der Waals surface area contributed by atoms with Crippen LogP contribution in [0.1, 0.15) is 47.6 Å². The van der Waals surface area contributed by atoms with Crippen LogP contribution in [0.15, 0.2) is 54.6 Å². The minimum atomic E-state index is -0.268. The van der Waals surface area contributed by atoms with Crippen LogP contribution in [0.3, 0.4) is 0 Å². The first kappa shape index (κ1) is 18.5. The molecule has 2 aromatic rings.